The van der Waals surface area contributed by atoms with E-state index in [2.05, 4.69) is 21.8 Å². The van der Waals surface area contributed by atoms with Gasteiger partial charge in [-0.1, -0.05) is 6.92 Å². The lowest BCUT2D eigenvalue weighted by Crippen LogP contribution is -2.49. The Morgan fingerprint density at radius 3 is 2.86 bits per heavy atom. The number of aromatic amines is 1. The smallest absolute Gasteiger partial charge is 0.222 e. The Hall–Kier alpha value is -1.95. The molecule has 6 heteroatoms. The number of likely N-dealkylation sites (tertiary alicyclic amines) is 2. The Morgan fingerprint density at radius 2 is 2.07 bits per heavy atom. The minimum Gasteiger partial charge on any atom is -0.343 e. The van der Waals surface area contributed by atoms with E-state index in [0.29, 0.717) is 18.9 Å². The molecule has 5 nitrogen and oxygen atoms in total. The molecule has 1 unspecified atom stereocenters. The van der Waals surface area contributed by atoms with Gasteiger partial charge in [-0.2, -0.15) is 0 Å². The SMILES string of the molecule is CC1CCCN(C2CCN(C(=O)CCCc3nc4ccc(F)cc4[nH]3)CC2)C1. The number of piperidine rings is 2. The fourth-order valence-corrected chi connectivity index (χ4v) is 4.76. The molecule has 1 N–H and O–H groups in total. The first-order chi connectivity index (χ1) is 13.6. The first-order valence-electron chi connectivity index (χ1n) is 10.7. The van der Waals surface area contributed by atoms with E-state index in [1.165, 1.54) is 38.1 Å². The van der Waals surface area contributed by atoms with Crippen molar-refractivity contribution in [3.63, 3.8) is 0 Å². The number of carbonyl (C=O) groups excluding carboxylic acids is 1. The lowest BCUT2D eigenvalue weighted by Gasteiger charge is -2.41. The van der Waals surface area contributed by atoms with Gasteiger partial charge in [0.2, 0.25) is 5.91 Å². The highest BCUT2D eigenvalue weighted by Crippen LogP contribution is 2.24. The van der Waals surface area contributed by atoms with Gasteiger partial charge < -0.3 is 9.88 Å². The topological polar surface area (TPSA) is 52.2 Å². The fourth-order valence-electron chi connectivity index (χ4n) is 4.76. The van der Waals surface area contributed by atoms with Crippen LogP contribution in [0.1, 0.15) is 51.3 Å². The molecule has 0 spiro atoms. The largest absolute Gasteiger partial charge is 0.343 e. The Kier molecular flexibility index (Phi) is 5.95. The van der Waals surface area contributed by atoms with Gasteiger partial charge in [-0.25, -0.2) is 9.37 Å². The maximum absolute atomic E-state index is 13.3. The van der Waals surface area contributed by atoms with Gasteiger partial charge in [0, 0.05) is 38.5 Å². The van der Waals surface area contributed by atoms with E-state index in [0.717, 1.165) is 55.1 Å². The summed E-state index contributed by atoms with van der Waals surface area (Å²) in [4.78, 5) is 24.9. The molecule has 1 atom stereocenters. The van der Waals surface area contributed by atoms with Gasteiger partial charge in [0.1, 0.15) is 11.6 Å². The number of amides is 1. The molecule has 2 aliphatic rings. The van der Waals surface area contributed by atoms with Gasteiger partial charge in [-0.05, 0) is 62.8 Å². The third-order valence-electron chi connectivity index (χ3n) is 6.32. The lowest BCUT2D eigenvalue weighted by molar-refractivity contribution is -0.133. The molecule has 0 bridgehead atoms. The summed E-state index contributed by atoms with van der Waals surface area (Å²) in [6.45, 7) is 6.57. The summed E-state index contributed by atoms with van der Waals surface area (Å²) in [7, 11) is 0. The van der Waals surface area contributed by atoms with E-state index < -0.39 is 0 Å². The standard InChI is InChI=1S/C22H31FN4O/c1-16-4-3-11-27(15-16)18-9-12-26(13-10-18)22(28)6-2-5-21-24-19-8-7-17(23)14-20(19)25-21/h7-8,14,16,18H,2-6,9-13,15H2,1H3,(H,24,25). The number of fused-ring (bicyclic) bond motifs is 1. The van der Waals surface area contributed by atoms with Crippen LogP contribution in [-0.2, 0) is 11.2 Å². The highest BCUT2D eigenvalue weighted by Gasteiger charge is 2.28. The van der Waals surface area contributed by atoms with Crippen molar-refractivity contribution in [2.75, 3.05) is 26.2 Å². The first-order valence-corrected chi connectivity index (χ1v) is 10.7. The fraction of sp³-hybridized carbons (Fsp3) is 0.636. The molecule has 1 amide bonds. The molecule has 2 aliphatic heterocycles. The predicted octanol–water partition coefficient (Wildman–Crippen LogP) is 3.75. The van der Waals surface area contributed by atoms with Crippen LogP contribution >= 0.6 is 0 Å². The molecule has 152 valence electrons. The van der Waals surface area contributed by atoms with Crippen molar-refractivity contribution in [2.24, 2.45) is 5.92 Å². The van der Waals surface area contributed by atoms with E-state index in [9.17, 15) is 9.18 Å². The second kappa shape index (κ2) is 8.60. The number of nitrogens with one attached hydrogen (secondary N) is 1. The van der Waals surface area contributed by atoms with Crippen LogP contribution in [0, 0.1) is 11.7 Å². The summed E-state index contributed by atoms with van der Waals surface area (Å²) >= 11 is 0. The zero-order chi connectivity index (χ0) is 19.5. The lowest BCUT2D eigenvalue weighted by atomic mass is 9.95. The van der Waals surface area contributed by atoms with Gasteiger partial charge in [-0.3, -0.25) is 9.69 Å². The second-order valence-corrected chi connectivity index (χ2v) is 8.55. The van der Waals surface area contributed by atoms with E-state index in [1.807, 2.05) is 4.90 Å². The number of imidazole rings is 1. The van der Waals surface area contributed by atoms with E-state index >= 15 is 0 Å². The van der Waals surface area contributed by atoms with Crippen LogP contribution < -0.4 is 0 Å². The average Bonchev–Trinajstić information content (AvgIpc) is 3.10. The minimum absolute atomic E-state index is 0.257. The van der Waals surface area contributed by atoms with Crippen LogP contribution in [0.4, 0.5) is 4.39 Å². The summed E-state index contributed by atoms with van der Waals surface area (Å²) in [5, 5.41) is 0. The highest BCUT2D eigenvalue weighted by molar-refractivity contribution is 5.76. The number of benzene rings is 1. The quantitative estimate of drug-likeness (QED) is 0.852. The van der Waals surface area contributed by atoms with Crippen LogP contribution in [-0.4, -0.2) is 57.9 Å². The maximum Gasteiger partial charge on any atom is 0.222 e. The first kappa shape index (κ1) is 19.4. The number of hydrogen-bond donors (Lipinski definition) is 1. The van der Waals surface area contributed by atoms with Crippen LogP contribution in [0.3, 0.4) is 0 Å². The maximum atomic E-state index is 13.3. The van der Waals surface area contributed by atoms with E-state index in [4.69, 9.17) is 0 Å². The molecule has 2 aromatic rings. The normalized spacial score (nSPS) is 22.1. The second-order valence-electron chi connectivity index (χ2n) is 8.55. The molecule has 4 rings (SSSR count). The molecular formula is C22H31FN4O. The van der Waals surface area contributed by atoms with Crippen molar-refractivity contribution in [2.45, 2.75) is 57.9 Å². The zero-order valence-electron chi connectivity index (χ0n) is 16.8. The molecule has 28 heavy (non-hydrogen) atoms. The Morgan fingerprint density at radius 1 is 1.25 bits per heavy atom. The van der Waals surface area contributed by atoms with Crippen LogP contribution in [0.25, 0.3) is 11.0 Å². The van der Waals surface area contributed by atoms with Crippen molar-refractivity contribution >= 4 is 16.9 Å². The molecule has 3 heterocycles. The highest BCUT2D eigenvalue weighted by atomic mass is 19.1. The molecule has 0 radical (unpaired) electrons. The third-order valence-corrected chi connectivity index (χ3v) is 6.32. The summed E-state index contributed by atoms with van der Waals surface area (Å²) in [5.41, 5.74) is 1.49. The average molecular weight is 387 g/mol. The number of halogens is 1. The molecule has 2 saturated heterocycles. The number of aromatic nitrogens is 2. The Bertz CT molecular complexity index is 812. The third kappa shape index (κ3) is 4.54. The Labute approximate surface area is 166 Å². The van der Waals surface area contributed by atoms with Gasteiger partial charge in [0.05, 0.1) is 11.0 Å². The number of nitrogens with zero attached hydrogens (tertiary/aromatic N) is 3. The van der Waals surface area contributed by atoms with Crippen molar-refractivity contribution in [3.05, 3.63) is 29.8 Å². The van der Waals surface area contributed by atoms with E-state index in [-0.39, 0.29) is 11.7 Å². The van der Waals surface area contributed by atoms with Crippen LogP contribution in [0.5, 0.6) is 0 Å². The van der Waals surface area contributed by atoms with Crippen molar-refractivity contribution in [1.29, 1.82) is 0 Å². The molecule has 1 aromatic carbocycles. The predicted molar refractivity (Wildman–Crippen MR) is 109 cm³/mol. The molecule has 0 saturated carbocycles. The van der Waals surface area contributed by atoms with Gasteiger partial charge in [0.15, 0.2) is 0 Å². The Balaban J connectivity index is 1.21. The molecule has 1 aromatic heterocycles. The molecule has 0 aliphatic carbocycles. The summed E-state index contributed by atoms with van der Waals surface area (Å²) < 4.78 is 13.3. The van der Waals surface area contributed by atoms with Crippen molar-refractivity contribution in [3.8, 4) is 0 Å². The summed E-state index contributed by atoms with van der Waals surface area (Å²) in [6.07, 6.45) is 6.91. The molecule has 2 fully saturated rings. The molecular weight excluding hydrogens is 355 g/mol. The number of carbonyl (C=O) groups is 1. The summed E-state index contributed by atoms with van der Waals surface area (Å²) in [5.74, 6) is 1.63. The number of H-pyrrole nitrogens is 1. The van der Waals surface area contributed by atoms with Gasteiger partial charge in [-0.15, -0.1) is 0 Å². The van der Waals surface area contributed by atoms with E-state index in [1.54, 1.807) is 6.07 Å². The minimum atomic E-state index is -0.264. The monoisotopic (exact) mass is 386 g/mol. The number of hydrogen-bond acceptors (Lipinski definition) is 3. The number of rotatable bonds is 5. The van der Waals surface area contributed by atoms with Gasteiger partial charge in [0.25, 0.3) is 0 Å². The number of aryl methyl sites for hydroxylation is 1. The summed E-state index contributed by atoms with van der Waals surface area (Å²) in [6, 6.07) is 5.22. The van der Waals surface area contributed by atoms with Crippen LogP contribution in [0.15, 0.2) is 18.2 Å². The van der Waals surface area contributed by atoms with Crippen molar-refractivity contribution in [1.82, 2.24) is 19.8 Å². The zero-order valence-corrected chi connectivity index (χ0v) is 16.8. The van der Waals surface area contributed by atoms with Crippen molar-refractivity contribution < 1.29 is 9.18 Å². The van der Waals surface area contributed by atoms with Crippen LogP contribution in [0.2, 0.25) is 0 Å². The van der Waals surface area contributed by atoms with Gasteiger partial charge >= 0.3 is 0 Å².